The Hall–Kier alpha value is -0.910. The lowest BCUT2D eigenvalue weighted by atomic mass is 9.99. The van der Waals surface area contributed by atoms with Crippen LogP contribution in [0.4, 0.5) is 0 Å². The van der Waals surface area contributed by atoms with Gasteiger partial charge in [-0.3, -0.25) is 9.58 Å². The van der Waals surface area contributed by atoms with E-state index < -0.39 is 0 Å². The summed E-state index contributed by atoms with van der Waals surface area (Å²) >= 11 is 0. The van der Waals surface area contributed by atoms with Gasteiger partial charge in [-0.25, -0.2) is 0 Å². The van der Waals surface area contributed by atoms with Gasteiger partial charge in [0.05, 0.1) is 24.4 Å². The van der Waals surface area contributed by atoms with E-state index >= 15 is 0 Å². The average molecular weight is 224 g/mol. The van der Waals surface area contributed by atoms with Gasteiger partial charge in [0.2, 0.25) is 0 Å². The second-order valence-corrected chi connectivity index (χ2v) is 4.41. The molecule has 2 atom stereocenters. The molecule has 1 aromatic rings. The van der Waals surface area contributed by atoms with E-state index in [2.05, 4.69) is 23.2 Å². The highest BCUT2D eigenvalue weighted by Crippen LogP contribution is 2.29. The maximum absolute atomic E-state index is 5.77. The monoisotopic (exact) mass is 224 g/mol. The van der Waals surface area contributed by atoms with Crippen molar-refractivity contribution in [3.8, 4) is 0 Å². The standard InChI is InChI=1S/C11H20N4O/c1-8-9(7-15(3)13-8)11-10(6-12)16-5-4-14(11)2/h7,10-11H,4-6,12H2,1-3H3. The van der Waals surface area contributed by atoms with Crippen molar-refractivity contribution in [1.82, 2.24) is 14.7 Å². The quantitative estimate of drug-likeness (QED) is 0.771. The van der Waals surface area contributed by atoms with Crippen molar-refractivity contribution in [2.45, 2.75) is 19.1 Å². The van der Waals surface area contributed by atoms with Gasteiger partial charge in [-0.05, 0) is 14.0 Å². The lowest BCUT2D eigenvalue weighted by Gasteiger charge is -2.38. The van der Waals surface area contributed by atoms with Gasteiger partial charge < -0.3 is 10.5 Å². The van der Waals surface area contributed by atoms with Crippen LogP contribution in [0.5, 0.6) is 0 Å². The van der Waals surface area contributed by atoms with Gasteiger partial charge >= 0.3 is 0 Å². The molecule has 1 saturated heterocycles. The Morgan fingerprint density at radius 3 is 2.88 bits per heavy atom. The van der Waals surface area contributed by atoms with E-state index in [4.69, 9.17) is 10.5 Å². The van der Waals surface area contributed by atoms with Crippen molar-refractivity contribution in [3.05, 3.63) is 17.5 Å². The van der Waals surface area contributed by atoms with Crippen LogP contribution in [0.15, 0.2) is 6.20 Å². The molecule has 5 nitrogen and oxygen atoms in total. The summed E-state index contributed by atoms with van der Waals surface area (Å²) in [6.45, 7) is 4.28. The number of aromatic nitrogens is 2. The van der Waals surface area contributed by atoms with Crippen LogP contribution < -0.4 is 5.73 Å². The third-order valence-corrected chi connectivity index (χ3v) is 3.21. The highest BCUT2D eigenvalue weighted by atomic mass is 16.5. The van der Waals surface area contributed by atoms with Crippen molar-refractivity contribution < 1.29 is 4.74 Å². The molecule has 1 aliphatic heterocycles. The van der Waals surface area contributed by atoms with Gasteiger partial charge in [0, 0.05) is 31.9 Å². The van der Waals surface area contributed by atoms with Gasteiger partial charge in [0.25, 0.3) is 0 Å². The second kappa shape index (κ2) is 4.53. The molecule has 2 N–H and O–H groups in total. The number of ether oxygens (including phenoxy) is 1. The van der Waals surface area contributed by atoms with Gasteiger partial charge in [-0.15, -0.1) is 0 Å². The molecule has 2 heterocycles. The fourth-order valence-corrected chi connectivity index (χ4v) is 2.41. The number of likely N-dealkylation sites (N-methyl/N-ethyl adjacent to an activating group) is 1. The van der Waals surface area contributed by atoms with Crippen molar-refractivity contribution >= 4 is 0 Å². The maximum Gasteiger partial charge on any atom is 0.0895 e. The number of aryl methyl sites for hydroxylation is 2. The predicted molar refractivity (Wildman–Crippen MR) is 62.1 cm³/mol. The fraction of sp³-hybridized carbons (Fsp3) is 0.727. The third kappa shape index (κ3) is 1.98. The summed E-state index contributed by atoms with van der Waals surface area (Å²) in [6.07, 6.45) is 2.13. The van der Waals surface area contributed by atoms with Gasteiger partial charge in [-0.1, -0.05) is 0 Å². The van der Waals surface area contributed by atoms with Crippen LogP contribution in [0.2, 0.25) is 0 Å². The summed E-state index contributed by atoms with van der Waals surface area (Å²) in [5.74, 6) is 0. The molecule has 0 amide bonds. The normalized spacial score (nSPS) is 27.2. The molecule has 0 aliphatic carbocycles. The Morgan fingerprint density at radius 1 is 1.56 bits per heavy atom. The van der Waals surface area contributed by atoms with Crippen LogP contribution in [0, 0.1) is 6.92 Å². The third-order valence-electron chi connectivity index (χ3n) is 3.21. The molecule has 90 valence electrons. The summed E-state index contributed by atoms with van der Waals surface area (Å²) in [6, 6.07) is 0.229. The van der Waals surface area contributed by atoms with E-state index in [0.29, 0.717) is 6.54 Å². The summed E-state index contributed by atoms with van der Waals surface area (Å²) < 4.78 is 7.57. The molecule has 1 fully saturated rings. The zero-order valence-electron chi connectivity index (χ0n) is 10.2. The highest BCUT2D eigenvalue weighted by Gasteiger charge is 2.32. The molecular formula is C11H20N4O. The Balaban J connectivity index is 2.31. The first-order valence-corrected chi connectivity index (χ1v) is 5.65. The van der Waals surface area contributed by atoms with Crippen LogP contribution in [0.1, 0.15) is 17.3 Å². The molecule has 5 heteroatoms. The Morgan fingerprint density at radius 2 is 2.31 bits per heavy atom. The number of nitrogens with two attached hydrogens (primary N) is 1. The number of hydrogen-bond donors (Lipinski definition) is 1. The smallest absolute Gasteiger partial charge is 0.0895 e. The SMILES string of the molecule is Cc1nn(C)cc1C1C(CN)OCCN1C. The first-order valence-electron chi connectivity index (χ1n) is 5.65. The topological polar surface area (TPSA) is 56.3 Å². The minimum absolute atomic E-state index is 0.0710. The predicted octanol–water partition coefficient (Wildman–Crippen LogP) is 0.0589. The average Bonchev–Trinajstić information content (AvgIpc) is 2.57. The summed E-state index contributed by atoms with van der Waals surface area (Å²) in [5.41, 5.74) is 8.05. The van der Waals surface area contributed by atoms with E-state index in [9.17, 15) is 0 Å². The van der Waals surface area contributed by atoms with Crippen LogP contribution >= 0.6 is 0 Å². The molecule has 0 bridgehead atoms. The number of hydrogen-bond acceptors (Lipinski definition) is 4. The molecule has 0 spiro atoms. The summed E-state index contributed by atoms with van der Waals surface area (Å²) in [4.78, 5) is 2.30. The fourth-order valence-electron chi connectivity index (χ4n) is 2.41. The lowest BCUT2D eigenvalue weighted by molar-refractivity contribution is -0.0578. The van der Waals surface area contributed by atoms with Crippen LogP contribution in [-0.4, -0.2) is 47.5 Å². The molecule has 0 aromatic carbocycles. The molecule has 0 saturated carbocycles. The largest absolute Gasteiger partial charge is 0.374 e. The maximum atomic E-state index is 5.77. The van der Waals surface area contributed by atoms with E-state index in [0.717, 1.165) is 18.8 Å². The molecular weight excluding hydrogens is 204 g/mol. The Kier molecular flexibility index (Phi) is 3.28. The van der Waals surface area contributed by atoms with E-state index in [1.54, 1.807) is 0 Å². The van der Waals surface area contributed by atoms with E-state index in [1.807, 2.05) is 18.7 Å². The van der Waals surface area contributed by atoms with Crippen LogP contribution in [0.25, 0.3) is 0 Å². The summed E-state index contributed by atoms with van der Waals surface area (Å²) in [5, 5.41) is 4.38. The van der Waals surface area contributed by atoms with E-state index in [-0.39, 0.29) is 12.1 Å². The van der Waals surface area contributed by atoms with Crippen LogP contribution in [0.3, 0.4) is 0 Å². The zero-order chi connectivity index (χ0) is 11.7. The molecule has 2 rings (SSSR count). The van der Waals surface area contributed by atoms with Crippen molar-refractivity contribution in [2.75, 3.05) is 26.7 Å². The summed E-state index contributed by atoms with van der Waals surface area (Å²) in [7, 11) is 4.06. The molecule has 0 radical (unpaired) electrons. The minimum Gasteiger partial charge on any atom is -0.374 e. The number of nitrogens with zero attached hydrogens (tertiary/aromatic N) is 3. The van der Waals surface area contributed by atoms with Crippen molar-refractivity contribution in [1.29, 1.82) is 0 Å². The lowest BCUT2D eigenvalue weighted by Crippen LogP contribution is -2.46. The first-order chi connectivity index (χ1) is 7.63. The Labute approximate surface area is 96.2 Å². The zero-order valence-corrected chi connectivity index (χ0v) is 10.2. The van der Waals surface area contributed by atoms with Crippen molar-refractivity contribution in [2.24, 2.45) is 12.8 Å². The number of rotatable bonds is 2. The van der Waals surface area contributed by atoms with Gasteiger partial charge in [-0.2, -0.15) is 5.10 Å². The van der Waals surface area contributed by atoms with Gasteiger partial charge in [0.15, 0.2) is 0 Å². The molecule has 1 aliphatic rings. The molecule has 2 unspecified atom stereocenters. The highest BCUT2D eigenvalue weighted by molar-refractivity contribution is 5.22. The molecule has 1 aromatic heterocycles. The Bertz CT molecular complexity index is 363. The van der Waals surface area contributed by atoms with E-state index in [1.165, 1.54) is 5.56 Å². The number of morpholine rings is 1. The van der Waals surface area contributed by atoms with Gasteiger partial charge in [0.1, 0.15) is 0 Å². The molecule has 16 heavy (non-hydrogen) atoms. The first kappa shape index (κ1) is 11.6. The van der Waals surface area contributed by atoms with Crippen LogP contribution in [-0.2, 0) is 11.8 Å². The van der Waals surface area contributed by atoms with Crippen molar-refractivity contribution in [3.63, 3.8) is 0 Å². The minimum atomic E-state index is 0.0710. The second-order valence-electron chi connectivity index (χ2n) is 4.41.